The minimum atomic E-state index is -0.444. The third kappa shape index (κ3) is 2.55. The highest BCUT2D eigenvalue weighted by atomic mass is 19.1. The number of hydrogen-bond donors (Lipinski definition) is 1. The van der Waals surface area contributed by atoms with Crippen molar-refractivity contribution < 1.29 is 13.7 Å². The molecule has 0 aliphatic heterocycles. The number of methoxy groups -OCH3 is 1. The molecular weight excluding hydrogens is 273 g/mol. The first-order valence-electron chi connectivity index (χ1n) is 6.21. The van der Waals surface area contributed by atoms with Crippen LogP contribution in [0.4, 0.5) is 10.1 Å². The van der Waals surface area contributed by atoms with Crippen molar-refractivity contribution in [3.05, 3.63) is 48.3 Å². The number of ether oxygens (including phenoxy) is 1. The molecule has 0 saturated heterocycles. The monoisotopic (exact) mass is 285 g/mol. The Kier molecular flexibility index (Phi) is 3.27. The first-order chi connectivity index (χ1) is 10.2. The topological polar surface area (TPSA) is 74.2 Å². The van der Waals surface area contributed by atoms with Crippen molar-refractivity contribution in [1.29, 1.82) is 0 Å². The summed E-state index contributed by atoms with van der Waals surface area (Å²) in [5.74, 6) is 0.384. The molecular formula is C15H12FN3O2. The summed E-state index contributed by atoms with van der Waals surface area (Å²) in [6, 6.07) is 11.5. The van der Waals surface area contributed by atoms with Crippen LogP contribution >= 0.6 is 0 Å². The molecule has 106 valence electrons. The quantitative estimate of drug-likeness (QED) is 0.748. The Bertz CT molecular complexity index is 786. The molecule has 6 heteroatoms. The van der Waals surface area contributed by atoms with Crippen LogP contribution in [0.15, 0.2) is 47.0 Å². The van der Waals surface area contributed by atoms with E-state index in [1.807, 2.05) is 6.07 Å². The molecule has 3 rings (SSSR count). The fourth-order valence-corrected chi connectivity index (χ4v) is 1.93. The van der Waals surface area contributed by atoms with Gasteiger partial charge in [0.25, 0.3) is 5.89 Å². The van der Waals surface area contributed by atoms with Gasteiger partial charge >= 0.3 is 0 Å². The predicted molar refractivity (Wildman–Crippen MR) is 76.1 cm³/mol. The molecule has 0 atom stereocenters. The van der Waals surface area contributed by atoms with Crippen LogP contribution in [0.3, 0.4) is 0 Å². The van der Waals surface area contributed by atoms with Gasteiger partial charge in [-0.15, -0.1) is 0 Å². The van der Waals surface area contributed by atoms with Crippen LogP contribution in [0.2, 0.25) is 0 Å². The molecule has 0 aliphatic rings. The van der Waals surface area contributed by atoms with E-state index in [2.05, 4.69) is 10.1 Å². The zero-order valence-corrected chi connectivity index (χ0v) is 11.2. The molecule has 0 unspecified atom stereocenters. The van der Waals surface area contributed by atoms with Gasteiger partial charge in [0, 0.05) is 16.8 Å². The normalized spacial score (nSPS) is 10.6. The molecule has 0 fully saturated rings. The van der Waals surface area contributed by atoms with E-state index in [9.17, 15) is 4.39 Å². The molecule has 0 bridgehead atoms. The molecule has 3 aromatic rings. The molecule has 1 heterocycles. The number of anilines is 1. The zero-order chi connectivity index (χ0) is 14.8. The fraction of sp³-hybridized carbons (Fsp3) is 0.0667. The average molecular weight is 285 g/mol. The van der Waals surface area contributed by atoms with Crippen molar-refractivity contribution in [3.63, 3.8) is 0 Å². The van der Waals surface area contributed by atoms with Crippen LogP contribution in [-0.2, 0) is 0 Å². The second kappa shape index (κ2) is 5.24. The number of nitrogens with two attached hydrogens (primary N) is 1. The Morgan fingerprint density at radius 3 is 2.76 bits per heavy atom. The maximum absolute atomic E-state index is 13.4. The molecule has 0 radical (unpaired) electrons. The van der Waals surface area contributed by atoms with Gasteiger partial charge in [0.15, 0.2) is 11.6 Å². The van der Waals surface area contributed by atoms with Crippen molar-refractivity contribution in [2.24, 2.45) is 0 Å². The Balaban J connectivity index is 1.98. The van der Waals surface area contributed by atoms with E-state index in [4.69, 9.17) is 15.0 Å². The van der Waals surface area contributed by atoms with Crippen molar-refractivity contribution in [1.82, 2.24) is 10.1 Å². The summed E-state index contributed by atoms with van der Waals surface area (Å²) in [6.07, 6.45) is 0. The number of halogens is 1. The van der Waals surface area contributed by atoms with Crippen molar-refractivity contribution in [2.45, 2.75) is 0 Å². The Hall–Kier alpha value is -2.89. The van der Waals surface area contributed by atoms with Crippen LogP contribution < -0.4 is 10.5 Å². The highest BCUT2D eigenvalue weighted by Crippen LogP contribution is 2.27. The SMILES string of the molecule is COc1cc(-c2noc(-c3cccc(N)c3)n2)ccc1F. The minimum Gasteiger partial charge on any atom is -0.494 e. The highest BCUT2D eigenvalue weighted by Gasteiger charge is 2.13. The second-order valence-electron chi connectivity index (χ2n) is 4.40. The number of rotatable bonds is 3. The van der Waals surface area contributed by atoms with Crippen LogP contribution in [0.25, 0.3) is 22.8 Å². The first-order valence-corrected chi connectivity index (χ1v) is 6.21. The fourth-order valence-electron chi connectivity index (χ4n) is 1.93. The van der Waals surface area contributed by atoms with E-state index in [-0.39, 0.29) is 5.75 Å². The maximum Gasteiger partial charge on any atom is 0.258 e. The van der Waals surface area contributed by atoms with E-state index in [0.29, 0.717) is 23.0 Å². The molecule has 2 aromatic carbocycles. The zero-order valence-electron chi connectivity index (χ0n) is 11.2. The molecule has 0 amide bonds. The van der Waals surface area contributed by atoms with Crippen molar-refractivity contribution >= 4 is 5.69 Å². The predicted octanol–water partition coefficient (Wildman–Crippen LogP) is 3.13. The molecule has 0 aliphatic carbocycles. The summed E-state index contributed by atoms with van der Waals surface area (Å²) in [4.78, 5) is 4.29. The first kappa shape index (κ1) is 13.1. The van der Waals surface area contributed by atoms with Gasteiger partial charge < -0.3 is 15.0 Å². The third-order valence-electron chi connectivity index (χ3n) is 2.97. The smallest absolute Gasteiger partial charge is 0.258 e. The lowest BCUT2D eigenvalue weighted by Crippen LogP contribution is -1.89. The van der Waals surface area contributed by atoms with Gasteiger partial charge in [-0.25, -0.2) is 4.39 Å². The van der Waals surface area contributed by atoms with Crippen molar-refractivity contribution in [2.75, 3.05) is 12.8 Å². The summed E-state index contributed by atoms with van der Waals surface area (Å²) in [7, 11) is 1.40. The van der Waals surface area contributed by atoms with Crippen LogP contribution in [0, 0.1) is 5.82 Å². The second-order valence-corrected chi connectivity index (χ2v) is 4.40. The lowest BCUT2D eigenvalue weighted by molar-refractivity contribution is 0.386. The Morgan fingerprint density at radius 2 is 2.00 bits per heavy atom. The number of hydrogen-bond acceptors (Lipinski definition) is 5. The van der Waals surface area contributed by atoms with E-state index >= 15 is 0 Å². The summed E-state index contributed by atoms with van der Waals surface area (Å²) in [6.45, 7) is 0. The van der Waals surface area contributed by atoms with Crippen molar-refractivity contribution in [3.8, 4) is 28.6 Å². The van der Waals surface area contributed by atoms with Gasteiger partial charge in [0.05, 0.1) is 7.11 Å². The van der Waals surface area contributed by atoms with Crippen LogP contribution in [-0.4, -0.2) is 17.3 Å². The van der Waals surface area contributed by atoms with Gasteiger partial charge in [-0.3, -0.25) is 0 Å². The largest absolute Gasteiger partial charge is 0.494 e. The van der Waals surface area contributed by atoms with E-state index in [0.717, 1.165) is 5.56 Å². The Morgan fingerprint density at radius 1 is 1.14 bits per heavy atom. The van der Waals surface area contributed by atoms with E-state index in [1.165, 1.54) is 19.2 Å². The molecule has 0 saturated carbocycles. The summed E-state index contributed by atoms with van der Waals surface area (Å²) in [5, 5.41) is 3.89. The molecule has 21 heavy (non-hydrogen) atoms. The lowest BCUT2D eigenvalue weighted by Gasteiger charge is -2.02. The van der Waals surface area contributed by atoms with Gasteiger partial charge in [0.2, 0.25) is 5.82 Å². The summed E-state index contributed by atoms with van der Waals surface area (Å²) < 4.78 is 23.5. The lowest BCUT2D eigenvalue weighted by atomic mass is 10.2. The highest BCUT2D eigenvalue weighted by molar-refractivity contribution is 5.63. The van der Waals surface area contributed by atoms with E-state index < -0.39 is 5.82 Å². The Labute approximate surface area is 120 Å². The molecule has 1 aromatic heterocycles. The molecule has 2 N–H and O–H groups in total. The van der Waals surface area contributed by atoms with Crippen LogP contribution in [0.5, 0.6) is 5.75 Å². The standard InChI is InChI=1S/C15H12FN3O2/c1-20-13-8-9(5-6-12(13)16)14-18-15(21-19-14)10-3-2-4-11(17)7-10/h2-8H,17H2,1H3. The molecule has 5 nitrogen and oxygen atoms in total. The van der Waals surface area contributed by atoms with Gasteiger partial charge in [-0.2, -0.15) is 4.98 Å². The number of benzene rings is 2. The molecule has 0 spiro atoms. The average Bonchev–Trinajstić information content (AvgIpc) is 2.97. The summed E-state index contributed by atoms with van der Waals surface area (Å²) >= 11 is 0. The van der Waals surface area contributed by atoms with Crippen LogP contribution in [0.1, 0.15) is 0 Å². The minimum absolute atomic E-state index is 0.128. The number of nitrogen functional groups attached to an aromatic ring is 1. The number of nitrogens with zero attached hydrogens (tertiary/aromatic N) is 2. The third-order valence-corrected chi connectivity index (χ3v) is 2.97. The number of aromatic nitrogens is 2. The summed E-state index contributed by atoms with van der Waals surface area (Å²) in [5.41, 5.74) is 7.66. The van der Waals surface area contributed by atoms with E-state index in [1.54, 1.807) is 24.3 Å². The van der Waals surface area contributed by atoms with Gasteiger partial charge in [-0.05, 0) is 36.4 Å². The van der Waals surface area contributed by atoms with Gasteiger partial charge in [-0.1, -0.05) is 11.2 Å². The maximum atomic E-state index is 13.4. The van der Waals surface area contributed by atoms with Gasteiger partial charge in [0.1, 0.15) is 0 Å².